The first-order valence-corrected chi connectivity index (χ1v) is 19.0. The van der Waals surface area contributed by atoms with E-state index in [-0.39, 0.29) is 84.8 Å². The van der Waals surface area contributed by atoms with Crippen molar-refractivity contribution in [1.82, 2.24) is 5.32 Å². The molecule has 0 aromatic rings. The quantitative estimate of drug-likeness (QED) is 0.0341. The fourth-order valence-corrected chi connectivity index (χ4v) is 5.30. The van der Waals surface area contributed by atoms with Gasteiger partial charge in [-0.2, -0.15) is 0 Å². The summed E-state index contributed by atoms with van der Waals surface area (Å²) in [5.41, 5.74) is 0. The van der Waals surface area contributed by atoms with Crippen LogP contribution < -0.4 is 74.2 Å². The molecular weight excluding hydrogens is 631 g/mol. The molecule has 13 heteroatoms. The molecule has 0 aromatic carbocycles. The largest absolute Gasteiger partial charge is 1.00 e. The normalized spacial score (nSPS) is 11.8. The Kier molecular flexibility index (Phi) is 43.3. The van der Waals surface area contributed by atoms with Crippen LogP contribution in [0.3, 0.4) is 0 Å². The van der Waals surface area contributed by atoms with Crippen molar-refractivity contribution in [2.45, 2.75) is 168 Å². The third kappa shape index (κ3) is 43.0. The van der Waals surface area contributed by atoms with Crippen molar-refractivity contribution in [1.29, 1.82) is 0 Å². The number of hydrogen-bond donors (Lipinski definition) is 1. The Morgan fingerprint density at radius 3 is 1.59 bits per heavy atom. The number of amides is 1. The van der Waals surface area contributed by atoms with Crippen molar-refractivity contribution in [3.05, 3.63) is 0 Å². The molecule has 10 nitrogen and oxygen atoms in total. The van der Waals surface area contributed by atoms with Gasteiger partial charge in [0, 0.05) is 26.5 Å². The SMILES string of the molecule is CCCCCCCCCCCCC(=O)O[C@@H](COCOCCCCCCCCCCCCCCNC(C)=O)COP(=O)([O-])[O-].[Na+].[Na+]. The van der Waals surface area contributed by atoms with Crippen LogP contribution in [0.4, 0.5) is 0 Å². The molecule has 0 spiro atoms. The summed E-state index contributed by atoms with van der Waals surface area (Å²) in [5, 5.41) is 2.83. The van der Waals surface area contributed by atoms with Crippen LogP contribution in [0.1, 0.15) is 162 Å². The van der Waals surface area contributed by atoms with Gasteiger partial charge in [-0.1, -0.05) is 129 Å². The van der Waals surface area contributed by atoms with E-state index >= 15 is 0 Å². The topological polar surface area (TPSA) is 146 Å². The van der Waals surface area contributed by atoms with Crippen molar-refractivity contribution >= 4 is 19.7 Å². The van der Waals surface area contributed by atoms with E-state index in [0.717, 1.165) is 38.6 Å². The van der Waals surface area contributed by atoms with E-state index in [4.69, 9.17) is 14.2 Å². The van der Waals surface area contributed by atoms with E-state index < -0.39 is 26.5 Å². The first-order chi connectivity index (χ1) is 21.2. The Balaban J connectivity index is -0.00000924. The van der Waals surface area contributed by atoms with Gasteiger partial charge < -0.3 is 38.4 Å². The molecule has 0 aliphatic heterocycles. The molecule has 0 unspecified atom stereocenters. The maximum absolute atomic E-state index is 12.2. The van der Waals surface area contributed by atoms with Crippen LogP contribution in [0.2, 0.25) is 0 Å². The van der Waals surface area contributed by atoms with Crippen LogP contribution in [-0.2, 0) is 32.9 Å². The third-order valence-electron chi connectivity index (χ3n) is 7.51. The molecule has 0 aliphatic carbocycles. The van der Waals surface area contributed by atoms with Gasteiger partial charge in [-0.15, -0.1) is 0 Å². The summed E-state index contributed by atoms with van der Waals surface area (Å²) in [4.78, 5) is 44.8. The smallest absolute Gasteiger partial charge is 0.790 e. The number of phosphoric ester groups is 1. The van der Waals surface area contributed by atoms with Crippen LogP contribution >= 0.6 is 7.82 Å². The Morgan fingerprint density at radius 2 is 1.11 bits per heavy atom. The number of nitrogens with one attached hydrogen (secondary N) is 1. The van der Waals surface area contributed by atoms with Gasteiger partial charge in [-0.3, -0.25) is 9.59 Å². The number of ether oxygens (including phenoxy) is 3. The van der Waals surface area contributed by atoms with E-state index in [1.54, 1.807) is 6.92 Å². The second-order valence-electron chi connectivity index (χ2n) is 11.9. The van der Waals surface area contributed by atoms with Crippen molar-refractivity contribution in [2.24, 2.45) is 0 Å². The van der Waals surface area contributed by atoms with Crippen LogP contribution in [0.5, 0.6) is 0 Å². The minimum atomic E-state index is -5.18. The van der Waals surface area contributed by atoms with E-state index in [0.29, 0.717) is 13.0 Å². The average molecular weight is 696 g/mol. The molecule has 262 valence electrons. The van der Waals surface area contributed by atoms with E-state index in [9.17, 15) is 23.9 Å². The molecule has 0 saturated heterocycles. The van der Waals surface area contributed by atoms with Gasteiger partial charge in [0.05, 0.1) is 21.0 Å². The molecule has 0 bridgehead atoms. The summed E-state index contributed by atoms with van der Waals surface area (Å²) in [7, 11) is -5.18. The number of carbonyl (C=O) groups excluding carboxylic acids is 2. The molecular formula is C33H64NNa2O9P. The minimum Gasteiger partial charge on any atom is -0.790 e. The van der Waals surface area contributed by atoms with E-state index in [1.807, 2.05) is 0 Å². The molecule has 46 heavy (non-hydrogen) atoms. The Labute approximate surface area is 325 Å². The Hall–Kier alpha value is 0.970. The monoisotopic (exact) mass is 695 g/mol. The molecule has 0 aliphatic rings. The zero-order valence-corrected chi connectivity index (χ0v) is 34.9. The molecule has 0 heterocycles. The molecule has 1 amide bonds. The van der Waals surface area contributed by atoms with Gasteiger partial charge in [0.1, 0.15) is 12.9 Å². The molecule has 0 fully saturated rings. The van der Waals surface area contributed by atoms with Crippen molar-refractivity contribution < 1.29 is 102 Å². The Bertz CT molecular complexity index is 717. The zero-order chi connectivity index (χ0) is 32.6. The second-order valence-corrected chi connectivity index (χ2v) is 13.1. The molecule has 1 N–H and O–H groups in total. The first-order valence-electron chi connectivity index (χ1n) is 17.5. The van der Waals surface area contributed by atoms with Gasteiger partial charge >= 0.3 is 65.1 Å². The van der Waals surface area contributed by atoms with Crippen molar-refractivity contribution in [2.75, 3.05) is 33.2 Å². The van der Waals surface area contributed by atoms with Crippen LogP contribution in [-0.4, -0.2) is 51.1 Å². The molecule has 0 rings (SSSR count). The van der Waals surface area contributed by atoms with Gasteiger partial charge in [0.15, 0.2) is 0 Å². The molecule has 0 saturated carbocycles. The van der Waals surface area contributed by atoms with Crippen LogP contribution in [0.15, 0.2) is 0 Å². The number of phosphoric acid groups is 1. The standard InChI is InChI=1S/C33H66NO9P.2Na/c1-3-4-5-6-7-8-13-16-19-22-25-33(36)43-32(29-42-44(37,38)39)28-41-30-40-27-24-21-18-15-12-10-9-11-14-17-20-23-26-34-31(2)35;;/h32H,3-30H2,1-2H3,(H,34,35)(H2,37,38,39);;/q;2*+1/p-2/t32-;;/m0../s1. The van der Waals surface area contributed by atoms with Gasteiger partial charge in [0.25, 0.3) is 0 Å². The van der Waals surface area contributed by atoms with Crippen molar-refractivity contribution in [3.63, 3.8) is 0 Å². The maximum Gasteiger partial charge on any atom is 1.00 e. The molecule has 0 aromatic heterocycles. The number of carbonyl (C=O) groups is 2. The average Bonchev–Trinajstić information content (AvgIpc) is 2.97. The van der Waals surface area contributed by atoms with Crippen LogP contribution in [0, 0.1) is 0 Å². The summed E-state index contributed by atoms with van der Waals surface area (Å²) >= 11 is 0. The third-order valence-corrected chi connectivity index (χ3v) is 7.98. The van der Waals surface area contributed by atoms with E-state index in [1.165, 1.54) is 103 Å². The predicted octanol–water partition coefficient (Wildman–Crippen LogP) is 0.871. The summed E-state index contributed by atoms with van der Waals surface area (Å²) in [5.74, 6) is -0.405. The van der Waals surface area contributed by atoms with Crippen LogP contribution in [0.25, 0.3) is 0 Å². The van der Waals surface area contributed by atoms with Crippen molar-refractivity contribution in [3.8, 4) is 0 Å². The minimum absolute atomic E-state index is 0. The Morgan fingerprint density at radius 1 is 0.652 bits per heavy atom. The number of esters is 1. The summed E-state index contributed by atoms with van der Waals surface area (Å²) in [6, 6.07) is 0. The zero-order valence-electron chi connectivity index (χ0n) is 30.0. The number of rotatable bonds is 34. The number of hydrogen-bond acceptors (Lipinski definition) is 9. The fourth-order valence-electron chi connectivity index (χ4n) is 4.95. The van der Waals surface area contributed by atoms with Gasteiger partial charge in [-0.25, -0.2) is 0 Å². The predicted molar refractivity (Wildman–Crippen MR) is 171 cm³/mol. The number of unbranched alkanes of at least 4 members (excludes halogenated alkanes) is 20. The van der Waals surface area contributed by atoms with E-state index in [2.05, 4.69) is 16.8 Å². The fraction of sp³-hybridized carbons (Fsp3) is 0.939. The molecule has 1 atom stereocenters. The second kappa shape index (κ2) is 38.8. The van der Waals surface area contributed by atoms with Gasteiger partial charge in [0.2, 0.25) is 5.91 Å². The maximum atomic E-state index is 12.2. The summed E-state index contributed by atoms with van der Waals surface area (Å²) in [6.07, 6.45) is 25.1. The summed E-state index contributed by atoms with van der Waals surface area (Å²) < 4.78 is 31.4. The summed E-state index contributed by atoms with van der Waals surface area (Å²) in [6.45, 7) is 4.43. The first kappa shape index (κ1) is 51.3. The van der Waals surface area contributed by atoms with Gasteiger partial charge in [-0.05, 0) is 19.3 Å². The molecule has 0 radical (unpaired) electrons.